The topological polar surface area (TPSA) is 29.9 Å². The van der Waals surface area contributed by atoms with E-state index in [0.717, 1.165) is 5.69 Å². The van der Waals surface area contributed by atoms with Crippen molar-refractivity contribution < 1.29 is 4.39 Å². The second-order valence-electron chi connectivity index (χ2n) is 2.14. The molecule has 1 rings (SSSR count). The number of nitrogens with one attached hydrogen (secondary N) is 1. The summed E-state index contributed by atoms with van der Waals surface area (Å²) in [7, 11) is 3.56. The molecule has 0 aliphatic carbocycles. The van der Waals surface area contributed by atoms with Gasteiger partial charge in [-0.05, 0) is 6.08 Å². The minimum atomic E-state index is 0.475. The van der Waals surface area contributed by atoms with Gasteiger partial charge >= 0.3 is 0 Å². The normalized spacial score (nSPS) is 10.8. The Morgan fingerprint density at radius 1 is 1.73 bits per heavy atom. The van der Waals surface area contributed by atoms with E-state index in [1.807, 2.05) is 0 Å². The zero-order valence-corrected chi connectivity index (χ0v) is 6.50. The number of rotatable bonds is 2. The van der Waals surface area contributed by atoms with E-state index in [1.54, 1.807) is 25.0 Å². The van der Waals surface area contributed by atoms with Gasteiger partial charge in [-0.2, -0.15) is 5.10 Å². The van der Waals surface area contributed by atoms with E-state index < -0.39 is 0 Å². The maximum absolute atomic E-state index is 11.7. The minimum Gasteiger partial charge on any atom is -0.385 e. The van der Waals surface area contributed by atoms with Crippen molar-refractivity contribution in [3.8, 4) is 0 Å². The van der Waals surface area contributed by atoms with Crippen molar-refractivity contribution >= 4 is 11.8 Å². The number of aryl methyl sites for hydroxylation is 1. The lowest BCUT2D eigenvalue weighted by Crippen LogP contribution is -1.87. The quantitative estimate of drug-likeness (QED) is 0.699. The van der Waals surface area contributed by atoms with E-state index in [2.05, 4.69) is 10.4 Å². The van der Waals surface area contributed by atoms with Gasteiger partial charge in [0.1, 0.15) is 5.69 Å². The summed E-state index contributed by atoms with van der Waals surface area (Å²) in [5, 5.41) is 6.90. The molecule has 1 N–H and O–H groups in total. The molecular formula is C7H10FN3. The number of halogens is 1. The zero-order valence-electron chi connectivity index (χ0n) is 6.50. The molecule has 11 heavy (non-hydrogen) atoms. The third-order valence-corrected chi connectivity index (χ3v) is 1.35. The van der Waals surface area contributed by atoms with Crippen LogP contribution in [0.3, 0.4) is 0 Å². The smallest absolute Gasteiger partial charge is 0.110 e. The molecule has 0 unspecified atom stereocenters. The lowest BCUT2D eigenvalue weighted by atomic mass is 10.4. The predicted molar refractivity (Wildman–Crippen MR) is 42.9 cm³/mol. The molecule has 60 valence electrons. The van der Waals surface area contributed by atoms with Crippen LogP contribution in [0.1, 0.15) is 5.69 Å². The molecule has 0 spiro atoms. The Kier molecular flexibility index (Phi) is 2.25. The summed E-state index contributed by atoms with van der Waals surface area (Å²) >= 11 is 0. The van der Waals surface area contributed by atoms with Gasteiger partial charge in [0.2, 0.25) is 0 Å². The molecule has 1 aromatic rings. The van der Waals surface area contributed by atoms with Gasteiger partial charge in [0.15, 0.2) is 0 Å². The van der Waals surface area contributed by atoms with Crippen molar-refractivity contribution in [2.45, 2.75) is 0 Å². The highest BCUT2D eigenvalue weighted by Gasteiger charge is 2.00. The summed E-state index contributed by atoms with van der Waals surface area (Å²) in [4.78, 5) is 0. The number of hydrogen-bond donors (Lipinski definition) is 1. The van der Waals surface area contributed by atoms with Gasteiger partial charge in [-0.3, -0.25) is 4.68 Å². The summed E-state index contributed by atoms with van der Waals surface area (Å²) in [5.74, 6) is 0. The first-order valence-corrected chi connectivity index (χ1v) is 3.26. The molecule has 4 heteroatoms. The average molecular weight is 155 g/mol. The minimum absolute atomic E-state index is 0.475. The van der Waals surface area contributed by atoms with Gasteiger partial charge in [-0.25, -0.2) is 4.39 Å². The summed E-state index contributed by atoms with van der Waals surface area (Å²) < 4.78 is 13.4. The number of aromatic nitrogens is 2. The van der Waals surface area contributed by atoms with Crippen molar-refractivity contribution in [3.05, 3.63) is 18.2 Å². The molecular weight excluding hydrogens is 145 g/mol. The SMILES string of the molecule is CNc1cn(C)nc1/C=C/F. The molecule has 3 nitrogen and oxygen atoms in total. The van der Waals surface area contributed by atoms with Crippen LogP contribution < -0.4 is 5.32 Å². The van der Waals surface area contributed by atoms with Crippen LogP contribution in [-0.4, -0.2) is 16.8 Å². The Morgan fingerprint density at radius 2 is 2.45 bits per heavy atom. The molecule has 0 aliphatic rings. The first-order valence-electron chi connectivity index (χ1n) is 3.26. The van der Waals surface area contributed by atoms with Crippen LogP contribution >= 0.6 is 0 Å². The highest BCUT2D eigenvalue weighted by Crippen LogP contribution is 2.13. The highest BCUT2D eigenvalue weighted by molar-refractivity contribution is 5.61. The van der Waals surface area contributed by atoms with Gasteiger partial charge in [0.25, 0.3) is 0 Å². The largest absolute Gasteiger partial charge is 0.385 e. The molecule has 0 aliphatic heterocycles. The molecule has 0 radical (unpaired) electrons. The van der Waals surface area contributed by atoms with Crippen LogP contribution in [0.2, 0.25) is 0 Å². The average Bonchev–Trinajstić information content (AvgIpc) is 2.32. The van der Waals surface area contributed by atoms with Crippen LogP contribution in [0.4, 0.5) is 10.1 Å². The van der Waals surface area contributed by atoms with Crippen LogP contribution in [0.15, 0.2) is 12.5 Å². The van der Waals surface area contributed by atoms with E-state index in [4.69, 9.17) is 0 Å². The van der Waals surface area contributed by atoms with E-state index in [0.29, 0.717) is 12.0 Å². The van der Waals surface area contributed by atoms with Crippen molar-refractivity contribution in [2.24, 2.45) is 7.05 Å². The van der Waals surface area contributed by atoms with Crippen LogP contribution in [-0.2, 0) is 7.05 Å². The standard InChI is InChI=1S/C7H10FN3/c1-9-7-5-11(2)10-6(7)3-4-8/h3-5,9H,1-2H3/b4-3+. The Morgan fingerprint density at radius 3 is 3.00 bits per heavy atom. The monoisotopic (exact) mass is 155 g/mol. The van der Waals surface area contributed by atoms with Crippen molar-refractivity contribution in [1.82, 2.24) is 9.78 Å². The Balaban J connectivity index is 3.01. The molecule has 0 atom stereocenters. The van der Waals surface area contributed by atoms with Gasteiger partial charge in [-0.15, -0.1) is 0 Å². The fourth-order valence-electron chi connectivity index (χ4n) is 0.881. The van der Waals surface area contributed by atoms with Crippen LogP contribution in [0.5, 0.6) is 0 Å². The summed E-state index contributed by atoms with van der Waals surface area (Å²) in [5.41, 5.74) is 1.43. The van der Waals surface area contributed by atoms with Gasteiger partial charge in [-0.1, -0.05) is 0 Å². The van der Waals surface area contributed by atoms with Crippen molar-refractivity contribution in [1.29, 1.82) is 0 Å². The highest BCUT2D eigenvalue weighted by atomic mass is 19.1. The maximum atomic E-state index is 11.7. The Bertz CT molecular complexity index is 265. The summed E-state index contributed by atoms with van der Waals surface area (Å²) in [6, 6.07) is 0. The lowest BCUT2D eigenvalue weighted by Gasteiger charge is -1.92. The van der Waals surface area contributed by atoms with Gasteiger partial charge < -0.3 is 5.32 Å². The molecule has 0 bridgehead atoms. The van der Waals surface area contributed by atoms with Gasteiger partial charge in [0.05, 0.1) is 12.0 Å². The number of hydrogen-bond acceptors (Lipinski definition) is 2. The summed E-state index contributed by atoms with van der Waals surface area (Å²) in [6.07, 6.45) is 3.57. The maximum Gasteiger partial charge on any atom is 0.110 e. The van der Waals surface area contributed by atoms with Crippen LogP contribution in [0.25, 0.3) is 6.08 Å². The Labute approximate surface area is 64.5 Å². The Hall–Kier alpha value is -1.32. The predicted octanol–water partition coefficient (Wildman–Crippen LogP) is 1.40. The van der Waals surface area contributed by atoms with E-state index in [1.165, 1.54) is 6.08 Å². The third kappa shape index (κ3) is 1.58. The molecule has 0 fully saturated rings. The zero-order chi connectivity index (χ0) is 8.27. The van der Waals surface area contributed by atoms with E-state index in [9.17, 15) is 4.39 Å². The van der Waals surface area contributed by atoms with E-state index >= 15 is 0 Å². The summed E-state index contributed by atoms with van der Waals surface area (Å²) in [6.45, 7) is 0. The first kappa shape index (κ1) is 7.78. The first-order chi connectivity index (χ1) is 5.27. The molecule has 0 amide bonds. The number of anilines is 1. The van der Waals surface area contributed by atoms with Gasteiger partial charge in [0, 0.05) is 20.3 Å². The van der Waals surface area contributed by atoms with E-state index in [-0.39, 0.29) is 0 Å². The molecule has 1 heterocycles. The molecule has 0 saturated heterocycles. The van der Waals surface area contributed by atoms with Crippen molar-refractivity contribution in [3.63, 3.8) is 0 Å². The third-order valence-electron chi connectivity index (χ3n) is 1.35. The number of nitrogens with zero attached hydrogens (tertiary/aromatic N) is 2. The fourth-order valence-corrected chi connectivity index (χ4v) is 0.881. The lowest BCUT2D eigenvalue weighted by molar-refractivity contribution is 0.725. The molecule has 1 aromatic heterocycles. The second kappa shape index (κ2) is 3.18. The molecule has 0 saturated carbocycles. The fraction of sp³-hybridized carbons (Fsp3) is 0.286. The second-order valence-corrected chi connectivity index (χ2v) is 2.14. The van der Waals surface area contributed by atoms with Crippen molar-refractivity contribution in [2.75, 3.05) is 12.4 Å². The molecule has 0 aromatic carbocycles. The van der Waals surface area contributed by atoms with Crippen LogP contribution in [0, 0.1) is 0 Å².